The zero-order chi connectivity index (χ0) is 11.3. The molecule has 2 nitrogen and oxygen atoms in total. The summed E-state index contributed by atoms with van der Waals surface area (Å²) in [7, 11) is 0. The van der Waals surface area contributed by atoms with E-state index in [1.807, 2.05) is 0 Å². The van der Waals surface area contributed by atoms with E-state index in [1.54, 1.807) is 0 Å². The molecule has 0 amide bonds. The van der Waals surface area contributed by atoms with Crippen LogP contribution >= 0.6 is 0 Å². The smallest absolute Gasteiger partial charge is 0.385 e. The Morgan fingerprint density at radius 1 is 1.13 bits per heavy atom. The van der Waals surface area contributed by atoms with E-state index in [-0.39, 0.29) is 0 Å². The van der Waals surface area contributed by atoms with E-state index < -0.39 is 11.7 Å². The van der Waals surface area contributed by atoms with Crippen LogP contribution in [0.3, 0.4) is 0 Å². The third-order valence-electron chi connectivity index (χ3n) is 1.92. The second-order valence-corrected chi connectivity index (χ2v) is 3.14. The van der Waals surface area contributed by atoms with Gasteiger partial charge in [-0.25, -0.2) is 0 Å². The Morgan fingerprint density at radius 2 is 1.73 bits per heavy atom. The maximum Gasteiger partial charge on any atom is 0.416 e. The Labute approximate surface area is 86.3 Å². The van der Waals surface area contributed by atoms with E-state index in [0.717, 1.165) is 18.6 Å². The summed E-state index contributed by atoms with van der Waals surface area (Å²) in [6.45, 7) is 1.23. The van der Waals surface area contributed by atoms with Crippen molar-refractivity contribution in [1.82, 2.24) is 0 Å². The molecule has 0 atom stereocenters. The minimum absolute atomic E-state index is 0.563. The summed E-state index contributed by atoms with van der Waals surface area (Å²) in [4.78, 5) is 0. The molecule has 3 N–H and O–H groups in total. The molecule has 1 rings (SSSR count). The number of halogens is 3. The largest absolute Gasteiger partial charge is 0.416 e. The standard InChI is InChI=1S/C10H13F3N2/c11-10(12,13)8-2-4-9(5-3-8)15-7-1-6-14/h2-5,15H,1,6-7,14H2. The number of hydrogen-bond donors (Lipinski definition) is 2. The van der Waals surface area contributed by atoms with Gasteiger partial charge in [-0.15, -0.1) is 0 Å². The Balaban J connectivity index is 2.57. The maximum atomic E-state index is 12.2. The van der Waals surface area contributed by atoms with Crippen molar-refractivity contribution in [2.75, 3.05) is 18.4 Å². The van der Waals surface area contributed by atoms with Gasteiger partial charge in [0, 0.05) is 12.2 Å². The topological polar surface area (TPSA) is 38.0 Å². The third-order valence-corrected chi connectivity index (χ3v) is 1.92. The molecule has 0 saturated heterocycles. The Kier molecular flexibility index (Phi) is 3.96. The van der Waals surface area contributed by atoms with Crippen molar-refractivity contribution in [2.24, 2.45) is 5.73 Å². The van der Waals surface area contributed by atoms with Crippen LogP contribution in [0.1, 0.15) is 12.0 Å². The first kappa shape index (κ1) is 11.8. The first-order valence-electron chi connectivity index (χ1n) is 4.65. The van der Waals surface area contributed by atoms with Crippen LogP contribution in [0, 0.1) is 0 Å². The van der Waals surface area contributed by atoms with Gasteiger partial charge in [-0.2, -0.15) is 13.2 Å². The molecule has 0 aliphatic heterocycles. The minimum atomic E-state index is -4.27. The SMILES string of the molecule is NCCCNc1ccc(C(F)(F)F)cc1. The van der Waals surface area contributed by atoms with Crippen molar-refractivity contribution < 1.29 is 13.2 Å². The summed E-state index contributed by atoms with van der Waals surface area (Å²) < 4.78 is 36.6. The number of nitrogens with one attached hydrogen (secondary N) is 1. The lowest BCUT2D eigenvalue weighted by Gasteiger charge is -2.08. The predicted octanol–water partition coefficient (Wildman–Crippen LogP) is 2.47. The molecule has 15 heavy (non-hydrogen) atoms. The summed E-state index contributed by atoms with van der Waals surface area (Å²) >= 11 is 0. The summed E-state index contributed by atoms with van der Waals surface area (Å²) in [5.74, 6) is 0. The summed E-state index contributed by atoms with van der Waals surface area (Å²) in [6.07, 6.45) is -3.48. The highest BCUT2D eigenvalue weighted by atomic mass is 19.4. The second kappa shape index (κ2) is 5.02. The molecule has 0 radical (unpaired) electrons. The van der Waals surface area contributed by atoms with E-state index in [0.29, 0.717) is 18.8 Å². The van der Waals surface area contributed by atoms with Gasteiger partial charge < -0.3 is 11.1 Å². The number of rotatable bonds is 4. The maximum absolute atomic E-state index is 12.2. The van der Waals surface area contributed by atoms with Crippen molar-refractivity contribution in [3.63, 3.8) is 0 Å². The van der Waals surface area contributed by atoms with Gasteiger partial charge in [-0.05, 0) is 37.2 Å². The number of nitrogens with two attached hydrogens (primary N) is 1. The average Bonchev–Trinajstić information content (AvgIpc) is 2.18. The van der Waals surface area contributed by atoms with Crippen LogP contribution in [0.5, 0.6) is 0 Å². The van der Waals surface area contributed by atoms with E-state index in [9.17, 15) is 13.2 Å². The van der Waals surface area contributed by atoms with Gasteiger partial charge in [0.2, 0.25) is 0 Å². The Hall–Kier alpha value is -1.23. The Bertz CT molecular complexity index is 293. The number of alkyl halides is 3. The van der Waals surface area contributed by atoms with Gasteiger partial charge in [0.05, 0.1) is 5.56 Å². The van der Waals surface area contributed by atoms with Crippen LogP contribution in [-0.2, 0) is 6.18 Å². The fourth-order valence-corrected chi connectivity index (χ4v) is 1.11. The zero-order valence-corrected chi connectivity index (χ0v) is 8.14. The number of hydrogen-bond acceptors (Lipinski definition) is 2. The van der Waals surface area contributed by atoms with Gasteiger partial charge in [-0.1, -0.05) is 0 Å². The summed E-state index contributed by atoms with van der Waals surface area (Å²) in [6, 6.07) is 4.95. The lowest BCUT2D eigenvalue weighted by atomic mass is 10.2. The quantitative estimate of drug-likeness (QED) is 0.762. The third kappa shape index (κ3) is 3.79. The fourth-order valence-electron chi connectivity index (χ4n) is 1.11. The highest BCUT2D eigenvalue weighted by Gasteiger charge is 2.29. The molecule has 0 saturated carbocycles. The van der Waals surface area contributed by atoms with Crippen LogP contribution in [0.4, 0.5) is 18.9 Å². The van der Waals surface area contributed by atoms with Gasteiger partial charge >= 0.3 is 6.18 Å². The van der Waals surface area contributed by atoms with Crippen molar-refractivity contribution in [1.29, 1.82) is 0 Å². The van der Waals surface area contributed by atoms with Crippen molar-refractivity contribution in [3.8, 4) is 0 Å². The van der Waals surface area contributed by atoms with Crippen LogP contribution in [-0.4, -0.2) is 13.1 Å². The molecule has 1 aromatic carbocycles. The molecule has 0 fully saturated rings. The zero-order valence-electron chi connectivity index (χ0n) is 8.14. The first-order valence-corrected chi connectivity index (χ1v) is 4.65. The van der Waals surface area contributed by atoms with Crippen molar-refractivity contribution in [3.05, 3.63) is 29.8 Å². The lowest BCUT2D eigenvalue weighted by Crippen LogP contribution is -2.09. The molecule has 0 bridgehead atoms. The predicted molar refractivity (Wildman–Crippen MR) is 53.6 cm³/mol. The van der Waals surface area contributed by atoms with Gasteiger partial charge in [0.1, 0.15) is 0 Å². The molecule has 5 heteroatoms. The number of anilines is 1. The van der Waals surface area contributed by atoms with E-state index in [4.69, 9.17) is 5.73 Å². The lowest BCUT2D eigenvalue weighted by molar-refractivity contribution is -0.137. The van der Waals surface area contributed by atoms with E-state index in [2.05, 4.69) is 5.32 Å². The van der Waals surface area contributed by atoms with Gasteiger partial charge in [0.15, 0.2) is 0 Å². The molecule has 0 spiro atoms. The molecule has 84 valence electrons. The molecular formula is C10H13F3N2. The highest BCUT2D eigenvalue weighted by Crippen LogP contribution is 2.29. The monoisotopic (exact) mass is 218 g/mol. The van der Waals surface area contributed by atoms with Crippen LogP contribution < -0.4 is 11.1 Å². The van der Waals surface area contributed by atoms with Crippen molar-refractivity contribution >= 4 is 5.69 Å². The van der Waals surface area contributed by atoms with Crippen molar-refractivity contribution in [2.45, 2.75) is 12.6 Å². The molecule has 0 heterocycles. The fraction of sp³-hybridized carbons (Fsp3) is 0.400. The number of benzene rings is 1. The van der Waals surface area contributed by atoms with Gasteiger partial charge in [-0.3, -0.25) is 0 Å². The van der Waals surface area contributed by atoms with Crippen LogP contribution in [0.25, 0.3) is 0 Å². The van der Waals surface area contributed by atoms with E-state index >= 15 is 0 Å². The summed E-state index contributed by atoms with van der Waals surface area (Å²) in [5, 5.41) is 2.98. The van der Waals surface area contributed by atoms with Crippen LogP contribution in [0.2, 0.25) is 0 Å². The van der Waals surface area contributed by atoms with Gasteiger partial charge in [0.25, 0.3) is 0 Å². The molecule has 0 aliphatic carbocycles. The second-order valence-electron chi connectivity index (χ2n) is 3.14. The normalized spacial score (nSPS) is 11.5. The average molecular weight is 218 g/mol. The molecule has 1 aromatic rings. The molecule has 0 aromatic heterocycles. The molecule has 0 unspecified atom stereocenters. The summed E-state index contributed by atoms with van der Waals surface area (Å²) in [5.41, 5.74) is 5.33. The molecular weight excluding hydrogens is 205 g/mol. The highest BCUT2D eigenvalue weighted by molar-refractivity contribution is 5.44. The van der Waals surface area contributed by atoms with E-state index in [1.165, 1.54) is 12.1 Å². The minimum Gasteiger partial charge on any atom is -0.385 e. The van der Waals surface area contributed by atoms with Crippen LogP contribution in [0.15, 0.2) is 24.3 Å². The first-order chi connectivity index (χ1) is 7.04. The Morgan fingerprint density at radius 3 is 2.20 bits per heavy atom. The molecule has 0 aliphatic rings.